The largest absolute Gasteiger partial charge is 0.493 e. The van der Waals surface area contributed by atoms with Crippen molar-refractivity contribution in [2.45, 2.75) is 20.8 Å². The van der Waals surface area contributed by atoms with Crippen LogP contribution in [0.15, 0.2) is 42.6 Å². The lowest BCUT2D eigenvalue weighted by Gasteiger charge is -2.11. The highest BCUT2D eigenvalue weighted by Gasteiger charge is 2.14. The molecule has 0 radical (unpaired) electrons. The van der Waals surface area contributed by atoms with Crippen molar-refractivity contribution in [1.29, 1.82) is 0 Å². The maximum absolute atomic E-state index is 12.7. The first kappa shape index (κ1) is 16.0. The minimum Gasteiger partial charge on any atom is -0.493 e. The van der Waals surface area contributed by atoms with Gasteiger partial charge in [0, 0.05) is 18.3 Å². The molecule has 0 aliphatic rings. The van der Waals surface area contributed by atoms with Gasteiger partial charge in [0.2, 0.25) is 0 Å². The lowest BCUT2D eigenvalue weighted by Crippen LogP contribution is -2.10. The van der Waals surface area contributed by atoms with E-state index in [4.69, 9.17) is 4.74 Å². The molecule has 0 atom stereocenters. The fourth-order valence-corrected chi connectivity index (χ4v) is 2.04. The average Bonchev–Trinajstić information content (AvgIpc) is 2.53. The molecule has 0 saturated carbocycles. The zero-order chi connectivity index (χ0) is 15.9. The van der Waals surface area contributed by atoms with Crippen molar-refractivity contribution >= 4 is 11.6 Å². The number of hydrogen-bond donors (Lipinski definition) is 1. The average molecular weight is 298 g/mol. The topological polar surface area (TPSA) is 51.2 Å². The van der Waals surface area contributed by atoms with Gasteiger partial charge in [0.25, 0.3) is 0 Å². The van der Waals surface area contributed by atoms with Crippen LogP contribution >= 0.6 is 0 Å². The molecule has 0 saturated heterocycles. The SMILES string of the molecule is CCNc1ncccc1C(=O)c1cccc(OCC(C)C)c1. The van der Waals surface area contributed by atoms with Crippen LogP contribution in [-0.4, -0.2) is 23.9 Å². The van der Waals surface area contributed by atoms with Gasteiger partial charge in [0.15, 0.2) is 5.78 Å². The molecule has 0 bridgehead atoms. The maximum atomic E-state index is 12.7. The van der Waals surface area contributed by atoms with E-state index in [0.29, 0.717) is 35.2 Å². The van der Waals surface area contributed by atoms with Crippen molar-refractivity contribution in [1.82, 2.24) is 4.98 Å². The number of pyridine rings is 1. The van der Waals surface area contributed by atoms with E-state index < -0.39 is 0 Å². The van der Waals surface area contributed by atoms with Crippen LogP contribution in [-0.2, 0) is 0 Å². The molecular weight excluding hydrogens is 276 g/mol. The molecule has 1 aromatic heterocycles. The Kier molecular flexibility index (Phi) is 5.53. The van der Waals surface area contributed by atoms with Gasteiger partial charge in [-0.05, 0) is 37.1 Å². The number of carbonyl (C=O) groups excluding carboxylic acids is 1. The first-order chi connectivity index (χ1) is 10.6. The number of carbonyl (C=O) groups is 1. The van der Waals surface area contributed by atoms with Crippen LogP contribution in [0.1, 0.15) is 36.7 Å². The molecule has 2 rings (SSSR count). The lowest BCUT2D eigenvalue weighted by atomic mass is 10.0. The van der Waals surface area contributed by atoms with Gasteiger partial charge in [-0.25, -0.2) is 4.98 Å². The number of benzene rings is 1. The van der Waals surface area contributed by atoms with E-state index in [1.54, 1.807) is 30.5 Å². The predicted molar refractivity (Wildman–Crippen MR) is 88.6 cm³/mol. The number of rotatable bonds is 7. The third-order valence-corrected chi connectivity index (χ3v) is 3.08. The minimum atomic E-state index is -0.0564. The molecular formula is C18H22N2O2. The fraction of sp³-hybridized carbons (Fsp3) is 0.333. The van der Waals surface area contributed by atoms with E-state index in [0.717, 1.165) is 6.54 Å². The molecule has 1 heterocycles. The van der Waals surface area contributed by atoms with E-state index in [-0.39, 0.29) is 5.78 Å². The summed E-state index contributed by atoms with van der Waals surface area (Å²) < 4.78 is 5.69. The Morgan fingerprint density at radius 3 is 2.82 bits per heavy atom. The molecule has 1 aromatic carbocycles. The first-order valence-corrected chi connectivity index (χ1v) is 7.58. The molecule has 22 heavy (non-hydrogen) atoms. The highest BCUT2D eigenvalue weighted by atomic mass is 16.5. The standard InChI is InChI=1S/C18H22N2O2/c1-4-19-18-16(9-6-10-20-18)17(21)14-7-5-8-15(11-14)22-12-13(2)3/h5-11,13H,4,12H2,1-3H3,(H,19,20). The van der Waals surface area contributed by atoms with Crippen LogP contribution in [0, 0.1) is 5.92 Å². The predicted octanol–water partition coefficient (Wildman–Crippen LogP) is 3.78. The Morgan fingerprint density at radius 1 is 1.27 bits per heavy atom. The Hall–Kier alpha value is -2.36. The summed E-state index contributed by atoms with van der Waals surface area (Å²) in [7, 11) is 0. The molecule has 116 valence electrons. The number of hydrogen-bond acceptors (Lipinski definition) is 4. The molecule has 0 unspecified atom stereocenters. The van der Waals surface area contributed by atoms with Crippen LogP contribution in [0.3, 0.4) is 0 Å². The Labute approximate surface area is 131 Å². The van der Waals surface area contributed by atoms with Crippen molar-refractivity contribution < 1.29 is 9.53 Å². The fourth-order valence-electron chi connectivity index (χ4n) is 2.04. The molecule has 1 N–H and O–H groups in total. The van der Waals surface area contributed by atoms with Gasteiger partial charge in [-0.1, -0.05) is 26.0 Å². The van der Waals surface area contributed by atoms with Crippen LogP contribution in [0.25, 0.3) is 0 Å². The van der Waals surface area contributed by atoms with Gasteiger partial charge in [0.05, 0.1) is 12.2 Å². The van der Waals surface area contributed by atoms with E-state index in [9.17, 15) is 4.79 Å². The van der Waals surface area contributed by atoms with E-state index in [1.165, 1.54) is 0 Å². The Bertz CT molecular complexity index is 638. The summed E-state index contributed by atoms with van der Waals surface area (Å²) >= 11 is 0. The molecule has 0 aliphatic carbocycles. The normalized spacial score (nSPS) is 10.5. The van der Waals surface area contributed by atoms with Crippen LogP contribution < -0.4 is 10.1 Å². The Balaban J connectivity index is 2.24. The smallest absolute Gasteiger partial charge is 0.196 e. The van der Waals surface area contributed by atoms with Crippen molar-refractivity contribution in [3.8, 4) is 5.75 Å². The molecule has 0 aliphatic heterocycles. The maximum Gasteiger partial charge on any atom is 0.196 e. The van der Waals surface area contributed by atoms with Gasteiger partial charge >= 0.3 is 0 Å². The summed E-state index contributed by atoms with van der Waals surface area (Å²) in [6, 6.07) is 10.8. The van der Waals surface area contributed by atoms with E-state index >= 15 is 0 Å². The molecule has 4 nitrogen and oxygen atoms in total. The van der Waals surface area contributed by atoms with Crippen LogP contribution in [0.5, 0.6) is 5.75 Å². The van der Waals surface area contributed by atoms with Gasteiger partial charge in [-0.15, -0.1) is 0 Å². The molecule has 0 spiro atoms. The van der Waals surface area contributed by atoms with Crippen molar-refractivity contribution in [3.63, 3.8) is 0 Å². The summed E-state index contributed by atoms with van der Waals surface area (Å²) in [6.07, 6.45) is 1.68. The van der Waals surface area contributed by atoms with Crippen molar-refractivity contribution in [2.24, 2.45) is 5.92 Å². The van der Waals surface area contributed by atoms with Gasteiger partial charge in [0.1, 0.15) is 11.6 Å². The zero-order valence-corrected chi connectivity index (χ0v) is 13.3. The number of nitrogens with zero attached hydrogens (tertiary/aromatic N) is 1. The molecule has 0 amide bonds. The van der Waals surface area contributed by atoms with Gasteiger partial charge in [-0.3, -0.25) is 4.79 Å². The third kappa shape index (κ3) is 4.07. The summed E-state index contributed by atoms with van der Waals surface area (Å²) in [6.45, 7) is 7.51. The summed E-state index contributed by atoms with van der Waals surface area (Å²) in [5.41, 5.74) is 1.18. The van der Waals surface area contributed by atoms with E-state index in [2.05, 4.69) is 24.1 Å². The number of ketones is 1. The molecule has 2 aromatic rings. The van der Waals surface area contributed by atoms with Gasteiger partial charge < -0.3 is 10.1 Å². The second-order valence-electron chi connectivity index (χ2n) is 5.49. The number of anilines is 1. The summed E-state index contributed by atoms with van der Waals surface area (Å²) in [5, 5.41) is 3.12. The second-order valence-corrected chi connectivity index (χ2v) is 5.49. The van der Waals surface area contributed by atoms with Crippen LogP contribution in [0.4, 0.5) is 5.82 Å². The second kappa shape index (κ2) is 7.59. The number of ether oxygens (including phenoxy) is 1. The van der Waals surface area contributed by atoms with Crippen molar-refractivity contribution in [3.05, 3.63) is 53.7 Å². The monoisotopic (exact) mass is 298 g/mol. The quantitative estimate of drug-likeness (QED) is 0.790. The van der Waals surface area contributed by atoms with Gasteiger partial charge in [-0.2, -0.15) is 0 Å². The molecule has 0 fully saturated rings. The number of aromatic nitrogens is 1. The highest BCUT2D eigenvalue weighted by Crippen LogP contribution is 2.20. The van der Waals surface area contributed by atoms with Crippen molar-refractivity contribution in [2.75, 3.05) is 18.5 Å². The van der Waals surface area contributed by atoms with E-state index in [1.807, 2.05) is 19.1 Å². The highest BCUT2D eigenvalue weighted by molar-refractivity contribution is 6.12. The number of nitrogens with one attached hydrogen (secondary N) is 1. The van der Waals surface area contributed by atoms with Crippen LogP contribution in [0.2, 0.25) is 0 Å². The third-order valence-electron chi connectivity index (χ3n) is 3.08. The lowest BCUT2D eigenvalue weighted by molar-refractivity contribution is 0.103. The zero-order valence-electron chi connectivity index (χ0n) is 13.3. The first-order valence-electron chi connectivity index (χ1n) is 7.58. The summed E-state index contributed by atoms with van der Waals surface area (Å²) in [5.74, 6) is 1.72. The Morgan fingerprint density at radius 2 is 2.09 bits per heavy atom. The minimum absolute atomic E-state index is 0.0564. The molecule has 4 heteroatoms. The summed E-state index contributed by atoms with van der Waals surface area (Å²) in [4.78, 5) is 16.9.